The van der Waals surface area contributed by atoms with E-state index >= 15 is 0 Å². The normalized spacial score (nSPS) is 25.8. The molecule has 1 aromatic heterocycles. The van der Waals surface area contributed by atoms with E-state index in [9.17, 15) is 9.59 Å². The summed E-state index contributed by atoms with van der Waals surface area (Å²) in [7, 11) is 0. The van der Waals surface area contributed by atoms with E-state index in [0.717, 1.165) is 0 Å². The molecule has 0 aliphatic carbocycles. The van der Waals surface area contributed by atoms with Crippen LogP contribution >= 0.6 is 37.2 Å². The highest BCUT2D eigenvalue weighted by atomic mass is 128. The minimum Gasteiger partial charge on any atom is -0.394 e. The van der Waals surface area contributed by atoms with Crippen LogP contribution in [0.4, 0.5) is 0 Å². The van der Waals surface area contributed by atoms with Crippen molar-refractivity contribution in [2.45, 2.75) is 32.6 Å². The van der Waals surface area contributed by atoms with Gasteiger partial charge in [0, 0.05) is 49.0 Å². The van der Waals surface area contributed by atoms with Crippen LogP contribution in [0.3, 0.4) is 0 Å². The van der Waals surface area contributed by atoms with Gasteiger partial charge in [0.15, 0.2) is 0 Å². The number of aromatic amines is 1. The summed E-state index contributed by atoms with van der Waals surface area (Å²) in [6.45, 7) is 3.54. The number of ether oxygens (including phenoxy) is 1. The number of halogens is 2. The topological polar surface area (TPSA) is 84.3 Å². The van der Waals surface area contributed by atoms with Gasteiger partial charge in [-0.25, -0.2) is 4.79 Å². The van der Waals surface area contributed by atoms with E-state index in [2.05, 4.69) is 42.2 Å². The monoisotopic (exact) mass is 494 g/mol. The minimum atomic E-state index is -0.476. The van der Waals surface area contributed by atoms with Gasteiger partial charge < -0.3 is 9.84 Å². The van der Waals surface area contributed by atoms with Crippen molar-refractivity contribution < 1.29 is 9.84 Å². The molecular weight excluding hydrogens is 478 g/mol. The highest BCUT2D eigenvalue weighted by Crippen LogP contribution is 2.31. The molecule has 108 valence electrons. The highest BCUT2D eigenvalue weighted by molar-refractivity contribution is 15.0. The smallest absolute Gasteiger partial charge is 0.330 e. The molecule has 1 unspecified atom stereocenters. The van der Waals surface area contributed by atoms with Gasteiger partial charge in [0.25, 0.3) is 5.56 Å². The first-order valence-corrected chi connectivity index (χ1v) is 12.0. The summed E-state index contributed by atoms with van der Waals surface area (Å²) in [4.78, 5) is 25.1. The molecule has 1 saturated heterocycles. The second-order valence-corrected chi connectivity index (χ2v) is 4.50. The quantitative estimate of drug-likeness (QED) is 0.612. The molecule has 1 fully saturated rings. The Bertz CT molecular complexity index is 528. The number of hydrogen-bond donors (Lipinski definition) is 2. The van der Waals surface area contributed by atoms with Crippen molar-refractivity contribution in [1.29, 1.82) is 0 Å². The van der Waals surface area contributed by atoms with Crippen molar-refractivity contribution in [1.82, 2.24) is 9.55 Å². The van der Waals surface area contributed by atoms with E-state index in [1.807, 2.05) is 6.92 Å². The van der Waals surface area contributed by atoms with Crippen molar-refractivity contribution >= 4 is 37.2 Å². The van der Waals surface area contributed by atoms with Crippen LogP contribution in [0.5, 0.6) is 0 Å². The van der Waals surface area contributed by atoms with Crippen molar-refractivity contribution in [2.75, 3.05) is 6.61 Å². The summed E-state index contributed by atoms with van der Waals surface area (Å²) in [6, 6.07) is 0. The highest BCUT2D eigenvalue weighted by Gasteiger charge is 2.33. The lowest BCUT2D eigenvalue weighted by molar-refractivity contribution is -0.0313. The molecule has 2 rings (SSSR count). The van der Waals surface area contributed by atoms with E-state index in [-0.39, 0.29) is 24.2 Å². The van der Waals surface area contributed by atoms with Crippen LogP contribution in [0.15, 0.2) is 15.8 Å². The third kappa shape index (κ3) is 4.02. The molecule has 0 radical (unpaired) electrons. The average Bonchev–Trinajstić information content (AvgIpc) is 2.77. The fourth-order valence-electron chi connectivity index (χ4n) is 2.06. The Labute approximate surface area is 133 Å². The van der Waals surface area contributed by atoms with Gasteiger partial charge >= 0.3 is 5.69 Å². The van der Waals surface area contributed by atoms with E-state index in [0.29, 0.717) is 12.0 Å². The van der Waals surface area contributed by atoms with Crippen LogP contribution in [0.1, 0.15) is 25.1 Å². The maximum atomic E-state index is 11.6. The molecule has 0 aromatic carbocycles. The average molecular weight is 494 g/mol. The number of hydrogen-bond acceptors (Lipinski definition) is 4. The zero-order valence-electron chi connectivity index (χ0n) is 10.6. The van der Waals surface area contributed by atoms with E-state index in [4.69, 9.17) is 9.84 Å². The Hall–Kier alpha value is 0.0600. The lowest BCUT2D eigenvalue weighted by atomic mass is 10.0. The molecule has 19 heavy (non-hydrogen) atoms. The lowest BCUT2D eigenvalue weighted by Crippen LogP contribution is -2.33. The molecule has 0 spiro atoms. The molecule has 0 amide bonds. The molecular formula is C11H16I2N2O4. The predicted octanol–water partition coefficient (Wildman–Crippen LogP) is 1.53. The number of nitrogens with zero attached hydrogens (tertiary/aromatic N) is 1. The number of rotatable bonds is 2. The van der Waals surface area contributed by atoms with Crippen molar-refractivity contribution in [3.8, 4) is 0 Å². The first-order chi connectivity index (χ1) is 9.02. The maximum Gasteiger partial charge on any atom is 0.330 e. The Kier molecular flexibility index (Phi) is 6.97. The SMILES string of the molecule is Cc1cn([C@H]2CC(C)[C@@H](CO)O2)c(=O)[nH]c1=O.II. The number of aryl methyl sites for hydroxylation is 1. The summed E-state index contributed by atoms with van der Waals surface area (Å²) in [5.74, 6) is 0.184. The zero-order chi connectivity index (χ0) is 14.6. The van der Waals surface area contributed by atoms with E-state index < -0.39 is 11.9 Å². The first-order valence-electron chi connectivity index (χ1n) is 5.75. The van der Waals surface area contributed by atoms with Gasteiger partial charge in [-0.2, -0.15) is 0 Å². The van der Waals surface area contributed by atoms with Crippen LogP contribution in [0, 0.1) is 12.8 Å². The molecule has 0 saturated carbocycles. The number of aliphatic hydroxyl groups is 1. The Morgan fingerprint density at radius 3 is 2.68 bits per heavy atom. The molecule has 6 nitrogen and oxygen atoms in total. The molecule has 2 heterocycles. The maximum absolute atomic E-state index is 11.6. The van der Waals surface area contributed by atoms with E-state index in [1.165, 1.54) is 10.8 Å². The van der Waals surface area contributed by atoms with Gasteiger partial charge in [-0.15, -0.1) is 0 Å². The van der Waals surface area contributed by atoms with Crippen LogP contribution in [0.25, 0.3) is 0 Å². The standard InChI is InChI=1S/C11H16N2O4.I2/c1-6-3-9(17-8(6)5-14)13-4-7(2)10(15)12-11(13)16;1-2/h4,6,8-9,14H,3,5H2,1-2H3,(H,12,15,16);/t6?,8-,9-;/m1./s1. The molecule has 2 N–H and O–H groups in total. The van der Waals surface area contributed by atoms with Gasteiger partial charge in [0.2, 0.25) is 0 Å². The largest absolute Gasteiger partial charge is 0.394 e. The summed E-state index contributed by atoms with van der Waals surface area (Å²) in [5.41, 5.74) is -0.388. The van der Waals surface area contributed by atoms with Crippen LogP contribution in [0.2, 0.25) is 0 Å². The van der Waals surface area contributed by atoms with Gasteiger partial charge in [-0.3, -0.25) is 14.3 Å². The number of H-pyrrole nitrogens is 1. The lowest BCUT2D eigenvalue weighted by Gasteiger charge is -2.14. The molecule has 1 aliphatic rings. The Morgan fingerprint density at radius 1 is 1.53 bits per heavy atom. The molecule has 1 aromatic rings. The van der Waals surface area contributed by atoms with Gasteiger partial charge in [-0.1, -0.05) is 6.92 Å². The zero-order valence-corrected chi connectivity index (χ0v) is 14.9. The van der Waals surface area contributed by atoms with E-state index in [1.54, 1.807) is 6.92 Å². The van der Waals surface area contributed by atoms with Crippen molar-refractivity contribution in [3.05, 3.63) is 32.6 Å². The number of nitrogens with one attached hydrogen (secondary N) is 1. The molecule has 8 heteroatoms. The number of aromatic nitrogens is 2. The minimum absolute atomic E-state index is 0.0608. The Morgan fingerprint density at radius 2 is 2.16 bits per heavy atom. The third-order valence-corrected chi connectivity index (χ3v) is 3.18. The van der Waals surface area contributed by atoms with Gasteiger partial charge in [0.1, 0.15) is 6.23 Å². The Balaban J connectivity index is 0.000000861. The summed E-state index contributed by atoms with van der Waals surface area (Å²) in [5, 5.41) is 9.10. The summed E-state index contributed by atoms with van der Waals surface area (Å²) >= 11 is 4.24. The molecule has 0 bridgehead atoms. The van der Waals surface area contributed by atoms with Crippen molar-refractivity contribution in [2.24, 2.45) is 5.92 Å². The van der Waals surface area contributed by atoms with Crippen molar-refractivity contribution in [3.63, 3.8) is 0 Å². The second-order valence-electron chi connectivity index (χ2n) is 4.50. The predicted molar refractivity (Wildman–Crippen MR) is 88.9 cm³/mol. The van der Waals surface area contributed by atoms with Crippen LogP contribution in [-0.4, -0.2) is 27.4 Å². The molecule has 1 aliphatic heterocycles. The third-order valence-electron chi connectivity index (χ3n) is 3.18. The fraction of sp³-hybridized carbons (Fsp3) is 0.636. The first kappa shape index (κ1) is 17.1. The summed E-state index contributed by atoms with van der Waals surface area (Å²) in [6.07, 6.45) is 1.49. The van der Waals surface area contributed by atoms with Gasteiger partial charge in [-0.05, 0) is 19.3 Å². The number of aliphatic hydroxyl groups excluding tert-OH is 1. The fourth-order valence-corrected chi connectivity index (χ4v) is 2.06. The summed E-state index contributed by atoms with van der Waals surface area (Å²) < 4.78 is 6.95. The van der Waals surface area contributed by atoms with Crippen LogP contribution < -0.4 is 11.2 Å². The second kappa shape index (κ2) is 7.74. The van der Waals surface area contributed by atoms with Crippen LogP contribution in [-0.2, 0) is 4.74 Å². The molecule has 3 atom stereocenters. The van der Waals surface area contributed by atoms with Gasteiger partial charge in [0.05, 0.1) is 12.7 Å².